The second-order valence-corrected chi connectivity index (χ2v) is 4.43. The molecule has 2 aromatic heterocycles. The first kappa shape index (κ1) is 12.8. The van der Waals surface area contributed by atoms with Crippen LogP contribution in [0.2, 0.25) is 0 Å². The molecule has 0 aliphatic rings. The Morgan fingerprint density at radius 1 is 1.29 bits per heavy atom. The first-order valence-corrected chi connectivity index (χ1v) is 6.33. The van der Waals surface area contributed by atoms with Crippen molar-refractivity contribution in [2.75, 3.05) is 5.32 Å². The lowest BCUT2D eigenvalue weighted by Crippen LogP contribution is -2.21. The fourth-order valence-corrected chi connectivity index (χ4v) is 2.00. The van der Waals surface area contributed by atoms with Crippen LogP contribution in [0.25, 0.3) is 11.0 Å². The van der Waals surface area contributed by atoms with Gasteiger partial charge in [0.2, 0.25) is 5.91 Å². The molecule has 3 rings (SSSR count). The van der Waals surface area contributed by atoms with Crippen LogP contribution in [0, 0.1) is 11.3 Å². The number of benzene rings is 1. The molecule has 0 saturated heterocycles. The van der Waals surface area contributed by atoms with Gasteiger partial charge >= 0.3 is 0 Å². The van der Waals surface area contributed by atoms with Crippen molar-refractivity contribution in [3.05, 3.63) is 54.6 Å². The number of nitrogens with zero attached hydrogens (tertiary/aromatic N) is 3. The summed E-state index contributed by atoms with van der Waals surface area (Å²) in [5, 5.41) is 11.9. The third-order valence-electron chi connectivity index (χ3n) is 3.00. The van der Waals surface area contributed by atoms with Crippen molar-refractivity contribution in [2.45, 2.75) is 5.92 Å². The van der Waals surface area contributed by atoms with Gasteiger partial charge in [-0.15, -0.1) is 0 Å². The standard InChI is InChI=1S/C15H11N5O/c16-8-11(15(21)18-10-4-3-7-17-9-10)14-19-12-5-1-2-6-13(12)20-14/h1-7,9,11H,(H,18,21)(H,19,20). The minimum atomic E-state index is -1.00. The lowest BCUT2D eigenvalue weighted by molar-refractivity contribution is -0.116. The molecule has 21 heavy (non-hydrogen) atoms. The molecule has 1 atom stereocenters. The van der Waals surface area contributed by atoms with E-state index in [1.165, 1.54) is 6.20 Å². The molecule has 3 aromatic rings. The van der Waals surface area contributed by atoms with Gasteiger partial charge in [-0.2, -0.15) is 5.26 Å². The lowest BCUT2D eigenvalue weighted by atomic mass is 10.1. The van der Waals surface area contributed by atoms with Crippen molar-refractivity contribution in [3.63, 3.8) is 0 Å². The SMILES string of the molecule is N#CC(C(=O)Nc1cccnc1)c1nc2ccccc2[nH]1. The number of hydrogen-bond acceptors (Lipinski definition) is 4. The highest BCUT2D eigenvalue weighted by Crippen LogP contribution is 2.18. The third kappa shape index (κ3) is 2.58. The zero-order chi connectivity index (χ0) is 14.7. The number of amides is 1. The van der Waals surface area contributed by atoms with Crippen molar-refractivity contribution in [2.24, 2.45) is 0 Å². The Balaban J connectivity index is 1.87. The van der Waals surface area contributed by atoms with Crippen LogP contribution in [0.15, 0.2) is 48.8 Å². The van der Waals surface area contributed by atoms with E-state index in [2.05, 4.69) is 20.3 Å². The predicted octanol–water partition coefficient (Wildman–Crippen LogP) is 2.20. The number of nitrogens with one attached hydrogen (secondary N) is 2. The Bertz CT molecular complexity index is 786. The largest absolute Gasteiger partial charge is 0.340 e. The lowest BCUT2D eigenvalue weighted by Gasteiger charge is -2.07. The van der Waals surface area contributed by atoms with Crippen LogP contribution in [0.1, 0.15) is 11.7 Å². The summed E-state index contributed by atoms with van der Waals surface area (Å²) in [7, 11) is 0. The van der Waals surface area contributed by atoms with Crippen LogP contribution in [-0.4, -0.2) is 20.9 Å². The smallest absolute Gasteiger partial charge is 0.249 e. The molecule has 0 spiro atoms. The van der Waals surface area contributed by atoms with Gasteiger partial charge in [0, 0.05) is 6.20 Å². The molecular formula is C15H11N5O. The summed E-state index contributed by atoms with van der Waals surface area (Å²) < 4.78 is 0. The van der Waals surface area contributed by atoms with E-state index in [4.69, 9.17) is 0 Å². The van der Waals surface area contributed by atoms with E-state index in [1.54, 1.807) is 18.3 Å². The van der Waals surface area contributed by atoms with Crippen LogP contribution in [0.4, 0.5) is 5.69 Å². The number of fused-ring (bicyclic) bond motifs is 1. The maximum Gasteiger partial charge on any atom is 0.249 e. The Morgan fingerprint density at radius 2 is 2.14 bits per heavy atom. The van der Waals surface area contributed by atoms with Crippen LogP contribution in [0.3, 0.4) is 0 Å². The van der Waals surface area contributed by atoms with Gasteiger partial charge in [0.05, 0.1) is 29.0 Å². The molecule has 1 unspecified atom stereocenters. The Morgan fingerprint density at radius 3 is 2.86 bits per heavy atom. The van der Waals surface area contributed by atoms with Gasteiger partial charge in [-0.25, -0.2) is 4.98 Å². The topological polar surface area (TPSA) is 94.5 Å². The van der Waals surface area contributed by atoms with E-state index < -0.39 is 11.8 Å². The minimum absolute atomic E-state index is 0.333. The zero-order valence-electron chi connectivity index (χ0n) is 10.9. The van der Waals surface area contributed by atoms with Crippen molar-refractivity contribution < 1.29 is 4.79 Å². The number of imidazole rings is 1. The number of rotatable bonds is 3. The van der Waals surface area contributed by atoms with Crippen LogP contribution in [-0.2, 0) is 4.79 Å². The molecule has 6 heteroatoms. The Labute approximate surface area is 120 Å². The summed E-state index contributed by atoms with van der Waals surface area (Å²) in [6.45, 7) is 0. The van der Waals surface area contributed by atoms with E-state index in [9.17, 15) is 10.1 Å². The average Bonchev–Trinajstić information content (AvgIpc) is 2.92. The zero-order valence-corrected chi connectivity index (χ0v) is 10.9. The molecule has 0 fully saturated rings. The summed E-state index contributed by atoms with van der Waals surface area (Å²) in [4.78, 5) is 23.4. The van der Waals surface area contributed by atoms with Crippen molar-refractivity contribution in [3.8, 4) is 6.07 Å². The molecule has 102 valence electrons. The normalized spacial score (nSPS) is 11.8. The Hall–Kier alpha value is -3.20. The number of anilines is 1. The number of hydrogen-bond donors (Lipinski definition) is 2. The number of para-hydroxylation sites is 2. The average molecular weight is 277 g/mol. The maximum absolute atomic E-state index is 12.2. The van der Waals surface area contributed by atoms with Gasteiger partial charge in [0.15, 0.2) is 5.92 Å². The number of pyridine rings is 1. The number of nitriles is 1. The summed E-state index contributed by atoms with van der Waals surface area (Å²) in [6, 6.07) is 12.8. The number of aromatic nitrogens is 3. The fraction of sp³-hybridized carbons (Fsp3) is 0.0667. The minimum Gasteiger partial charge on any atom is -0.340 e. The van der Waals surface area contributed by atoms with Crippen molar-refractivity contribution >= 4 is 22.6 Å². The van der Waals surface area contributed by atoms with Crippen molar-refractivity contribution in [1.82, 2.24) is 15.0 Å². The van der Waals surface area contributed by atoms with E-state index in [1.807, 2.05) is 30.3 Å². The molecular weight excluding hydrogens is 266 g/mol. The summed E-state index contributed by atoms with van der Waals surface area (Å²) in [5.74, 6) is -1.11. The Kier molecular flexibility index (Phi) is 3.31. The van der Waals surface area contributed by atoms with E-state index >= 15 is 0 Å². The van der Waals surface area contributed by atoms with E-state index in [-0.39, 0.29) is 0 Å². The highest BCUT2D eigenvalue weighted by atomic mass is 16.1. The van der Waals surface area contributed by atoms with Gasteiger partial charge in [-0.05, 0) is 24.3 Å². The monoisotopic (exact) mass is 277 g/mol. The number of carbonyl (C=O) groups excluding carboxylic acids is 1. The van der Waals surface area contributed by atoms with Crippen molar-refractivity contribution in [1.29, 1.82) is 5.26 Å². The molecule has 0 aliphatic heterocycles. The van der Waals surface area contributed by atoms with Gasteiger partial charge < -0.3 is 10.3 Å². The molecule has 2 N–H and O–H groups in total. The highest BCUT2D eigenvalue weighted by molar-refractivity contribution is 5.97. The summed E-state index contributed by atoms with van der Waals surface area (Å²) >= 11 is 0. The molecule has 1 aromatic carbocycles. The quantitative estimate of drug-likeness (QED) is 0.767. The second-order valence-electron chi connectivity index (χ2n) is 4.43. The highest BCUT2D eigenvalue weighted by Gasteiger charge is 2.23. The molecule has 0 saturated carbocycles. The number of H-pyrrole nitrogens is 1. The van der Waals surface area contributed by atoms with Gasteiger partial charge in [-0.1, -0.05) is 12.1 Å². The number of carbonyl (C=O) groups is 1. The molecule has 0 aliphatic carbocycles. The third-order valence-corrected chi connectivity index (χ3v) is 3.00. The first-order chi connectivity index (χ1) is 10.3. The maximum atomic E-state index is 12.2. The number of aromatic amines is 1. The van der Waals surface area contributed by atoms with Gasteiger partial charge in [-0.3, -0.25) is 9.78 Å². The second kappa shape index (κ2) is 5.43. The van der Waals surface area contributed by atoms with Crippen LogP contribution >= 0.6 is 0 Å². The first-order valence-electron chi connectivity index (χ1n) is 6.33. The molecule has 6 nitrogen and oxygen atoms in total. The molecule has 2 heterocycles. The van der Waals surface area contributed by atoms with Gasteiger partial charge in [0.25, 0.3) is 0 Å². The fourth-order valence-electron chi connectivity index (χ4n) is 2.00. The van der Waals surface area contributed by atoms with Crippen LogP contribution in [0.5, 0.6) is 0 Å². The summed E-state index contributed by atoms with van der Waals surface area (Å²) in [5.41, 5.74) is 2.06. The molecule has 0 radical (unpaired) electrons. The summed E-state index contributed by atoms with van der Waals surface area (Å²) in [6.07, 6.45) is 3.13. The molecule has 0 bridgehead atoms. The van der Waals surface area contributed by atoms with Crippen LogP contribution < -0.4 is 5.32 Å². The predicted molar refractivity (Wildman–Crippen MR) is 77.3 cm³/mol. The van der Waals surface area contributed by atoms with E-state index in [0.29, 0.717) is 11.5 Å². The molecule has 1 amide bonds. The van der Waals surface area contributed by atoms with E-state index in [0.717, 1.165) is 11.0 Å². The van der Waals surface area contributed by atoms with Gasteiger partial charge in [0.1, 0.15) is 5.82 Å².